The van der Waals surface area contributed by atoms with Gasteiger partial charge in [-0.15, -0.1) is 11.3 Å². The lowest BCUT2D eigenvalue weighted by molar-refractivity contribution is 0.119. The van der Waals surface area contributed by atoms with E-state index in [4.69, 9.17) is 4.74 Å². The lowest BCUT2D eigenvalue weighted by Gasteiger charge is -2.22. The largest absolute Gasteiger partial charge is 0.381 e. The zero-order valence-corrected chi connectivity index (χ0v) is 10.6. The molecule has 2 heterocycles. The molecule has 0 amide bonds. The van der Waals surface area contributed by atoms with E-state index in [0.29, 0.717) is 0 Å². The van der Waals surface area contributed by atoms with Crippen LogP contribution in [0.4, 0.5) is 0 Å². The van der Waals surface area contributed by atoms with Gasteiger partial charge in [-0.3, -0.25) is 0 Å². The highest BCUT2D eigenvalue weighted by atomic mass is 32.1. The Hall–Kier alpha value is -0.380. The first-order valence-corrected chi connectivity index (χ1v) is 7.14. The van der Waals surface area contributed by atoms with Gasteiger partial charge in [0.1, 0.15) is 0 Å². The summed E-state index contributed by atoms with van der Waals surface area (Å²) in [6.45, 7) is 4.20. The van der Waals surface area contributed by atoms with Crippen LogP contribution in [0.25, 0.3) is 0 Å². The maximum atomic E-state index is 5.69. The van der Waals surface area contributed by atoms with Gasteiger partial charge in [0, 0.05) is 17.9 Å². The fourth-order valence-corrected chi connectivity index (χ4v) is 2.84. The van der Waals surface area contributed by atoms with Gasteiger partial charge in [0.2, 0.25) is 0 Å². The second kappa shape index (κ2) is 7.05. The molecule has 0 aliphatic carbocycles. The molecule has 2 rings (SSSR count). The molecule has 1 N–H and O–H groups in total. The van der Waals surface area contributed by atoms with E-state index >= 15 is 0 Å². The molecule has 16 heavy (non-hydrogen) atoms. The average molecular weight is 239 g/mol. The molecule has 1 aromatic rings. The summed E-state index contributed by atoms with van der Waals surface area (Å²) in [5, 5.41) is 5.57. The van der Waals surface area contributed by atoms with Gasteiger partial charge in [-0.25, -0.2) is 0 Å². The minimum Gasteiger partial charge on any atom is -0.381 e. The molecular formula is C13H21NOS. The highest BCUT2D eigenvalue weighted by Gasteiger charge is 2.11. The zero-order chi connectivity index (χ0) is 11.1. The molecule has 1 atom stereocenters. The van der Waals surface area contributed by atoms with E-state index in [2.05, 4.69) is 22.8 Å². The second-order valence-corrected chi connectivity index (χ2v) is 5.48. The van der Waals surface area contributed by atoms with Crippen molar-refractivity contribution in [2.45, 2.75) is 25.7 Å². The number of nitrogens with one attached hydrogen (secondary N) is 1. The number of hydrogen-bond donors (Lipinski definition) is 1. The fraction of sp³-hybridized carbons (Fsp3) is 0.692. The molecule has 3 heteroatoms. The Bertz CT molecular complexity index is 267. The first kappa shape index (κ1) is 12.1. The van der Waals surface area contributed by atoms with Crippen LogP contribution in [0.5, 0.6) is 0 Å². The van der Waals surface area contributed by atoms with E-state index in [-0.39, 0.29) is 0 Å². The molecule has 1 unspecified atom stereocenters. The van der Waals surface area contributed by atoms with Crippen LogP contribution in [0.15, 0.2) is 17.5 Å². The van der Waals surface area contributed by atoms with Crippen LogP contribution in [-0.4, -0.2) is 26.3 Å². The van der Waals surface area contributed by atoms with E-state index in [1.54, 1.807) is 0 Å². The molecule has 0 aromatic carbocycles. The van der Waals surface area contributed by atoms with Gasteiger partial charge in [-0.2, -0.15) is 0 Å². The topological polar surface area (TPSA) is 21.3 Å². The molecule has 1 saturated heterocycles. The summed E-state index contributed by atoms with van der Waals surface area (Å²) in [5.74, 6) is 0.843. The van der Waals surface area contributed by atoms with Crippen LogP contribution in [0.2, 0.25) is 0 Å². The van der Waals surface area contributed by atoms with Crippen LogP contribution < -0.4 is 5.32 Å². The molecule has 0 radical (unpaired) electrons. The molecule has 90 valence electrons. The zero-order valence-electron chi connectivity index (χ0n) is 9.78. The summed E-state index contributed by atoms with van der Waals surface area (Å²) in [4.78, 5) is 1.43. The predicted octanol–water partition coefficient (Wildman–Crippen LogP) is 2.70. The van der Waals surface area contributed by atoms with Crippen molar-refractivity contribution in [1.29, 1.82) is 0 Å². The monoisotopic (exact) mass is 239 g/mol. The van der Waals surface area contributed by atoms with Crippen LogP contribution in [0, 0.1) is 5.92 Å². The first-order valence-electron chi connectivity index (χ1n) is 6.26. The number of ether oxygens (including phenoxy) is 1. The molecule has 0 saturated carbocycles. The minimum atomic E-state index is 0.843. The van der Waals surface area contributed by atoms with Crippen LogP contribution in [-0.2, 0) is 11.2 Å². The lowest BCUT2D eigenvalue weighted by atomic mass is 9.97. The molecule has 1 aliphatic rings. The summed E-state index contributed by atoms with van der Waals surface area (Å²) < 4.78 is 5.69. The SMILES string of the molecule is c1csc(CCOCCC2CCCNC2)c1. The van der Waals surface area contributed by atoms with Crippen molar-refractivity contribution in [3.63, 3.8) is 0 Å². The van der Waals surface area contributed by atoms with Gasteiger partial charge >= 0.3 is 0 Å². The Labute approximate surface area is 102 Å². The van der Waals surface area contributed by atoms with Crippen molar-refractivity contribution >= 4 is 11.3 Å². The van der Waals surface area contributed by atoms with Crippen molar-refractivity contribution in [2.75, 3.05) is 26.3 Å². The third-order valence-electron chi connectivity index (χ3n) is 3.14. The van der Waals surface area contributed by atoms with Crippen molar-refractivity contribution < 1.29 is 4.74 Å². The second-order valence-electron chi connectivity index (χ2n) is 4.44. The number of rotatable bonds is 6. The molecular weight excluding hydrogens is 218 g/mol. The normalized spacial score (nSPS) is 21.1. The Kier molecular flexibility index (Phi) is 5.32. The number of piperidine rings is 1. The van der Waals surface area contributed by atoms with Crippen LogP contribution >= 0.6 is 11.3 Å². The minimum absolute atomic E-state index is 0.843. The van der Waals surface area contributed by atoms with Gasteiger partial charge in [0.05, 0.1) is 6.61 Å². The fourth-order valence-electron chi connectivity index (χ4n) is 2.15. The molecule has 0 spiro atoms. The third kappa shape index (κ3) is 4.24. The van der Waals surface area contributed by atoms with Gasteiger partial charge in [-0.1, -0.05) is 6.07 Å². The first-order chi connectivity index (χ1) is 7.95. The summed E-state index contributed by atoms with van der Waals surface area (Å²) in [5.41, 5.74) is 0. The molecule has 1 fully saturated rings. The number of hydrogen-bond acceptors (Lipinski definition) is 3. The lowest BCUT2D eigenvalue weighted by Crippen LogP contribution is -2.30. The van der Waals surface area contributed by atoms with Gasteiger partial charge in [-0.05, 0) is 49.7 Å². The van der Waals surface area contributed by atoms with Crippen molar-refractivity contribution in [3.8, 4) is 0 Å². The molecule has 1 aromatic heterocycles. The third-order valence-corrected chi connectivity index (χ3v) is 4.08. The van der Waals surface area contributed by atoms with Crippen molar-refractivity contribution in [1.82, 2.24) is 5.32 Å². The van der Waals surface area contributed by atoms with Crippen molar-refractivity contribution in [2.24, 2.45) is 5.92 Å². The van der Waals surface area contributed by atoms with E-state index in [1.807, 2.05) is 11.3 Å². The van der Waals surface area contributed by atoms with Gasteiger partial charge < -0.3 is 10.1 Å². The Morgan fingerprint density at radius 3 is 3.19 bits per heavy atom. The standard InChI is InChI=1S/C13H21NOS/c1-3-12(11-14-7-1)5-8-15-9-6-13-4-2-10-16-13/h2,4,10,12,14H,1,3,5-9,11H2. The highest BCUT2D eigenvalue weighted by Crippen LogP contribution is 2.14. The molecule has 2 nitrogen and oxygen atoms in total. The van der Waals surface area contributed by atoms with Crippen LogP contribution in [0.3, 0.4) is 0 Å². The maximum Gasteiger partial charge on any atom is 0.0514 e. The quantitative estimate of drug-likeness (QED) is 0.771. The maximum absolute atomic E-state index is 5.69. The van der Waals surface area contributed by atoms with E-state index < -0.39 is 0 Å². The van der Waals surface area contributed by atoms with E-state index in [9.17, 15) is 0 Å². The van der Waals surface area contributed by atoms with Crippen molar-refractivity contribution in [3.05, 3.63) is 22.4 Å². The summed E-state index contributed by atoms with van der Waals surface area (Å²) in [6, 6.07) is 4.28. The summed E-state index contributed by atoms with van der Waals surface area (Å²) in [6.07, 6.45) is 5.00. The Balaban J connectivity index is 1.48. The van der Waals surface area contributed by atoms with Gasteiger partial charge in [0.15, 0.2) is 0 Å². The highest BCUT2D eigenvalue weighted by molar-refractivity contribution is 7.09. The molecule has 0 bridgehead atoms. The Morgan fingerprint density at radius 1 is 1.44 bits per heavy atom. The Morgan fingerprint density at radius 2 is 2.44 bits per heavy atom. The van der Waals surface area contributed by atoms with Gasteiger partial charge in [0.25, 0.3) is 0 Å². The van der Waals surface area contributed by atoms with Crippen LogP contribution in [0.1, 0.15) is 24.1 Å². The smallest absolute Gasteiger partial charge is 0.0514 e. The summed E-state index contributed by atoms with van der Waals surface area (Å²) >= 11 is 1.82. The summed E-state index contributed by atoms with van der Waals surface area (Å²) in [7, 11) is 0. The van der Waals surface area contributed by atoms with E-state index in [1.165, 1.54) is 37.2 Å². The van der Waals surface area contributed by atoms with E-state index in [0.717, 1.165) is 25.6 Å². The number of thiophene rings is 1. The average Bonchev–Trinajstić information content (AvgIpc) is 2.83. The predicted molar refractivity (Wildman–Crippen MR) is 69.1 cm³/mol. The molecule has 1 aliphatic heterocycles.